The Labute approximate surface area is 138 Å². The van der Waals surface area contributed by atoms with Crippen molar-refractivity contribution in [2.24, 2.45) is 0 Å². The van der Waals surface area contributed by atoms with Gasteiger partial charge in [0.1, 0.15) is 5.75 Å². The zero-order chi connectivity index (χ0) is 16.6. The van der Waals surface area contributed by atoms with Crippen LogP contribution in [0.2, 0.25) is 5.02 Å². The molecule has 3 aromatic rings. The van der Waals surface area contributed by atoms with Crippen molar-refractivity contribution in [3.05, 3.63) is 58.6 Å². The highest BCUT2D eigenvalue weighted by molar-refractivity contribution is 6.35. The quantitative estimate of drug-likeness (QED) is 0.765. The molecule has 2 aromatic carbocycles. The number of para-hydroxylation sites is 1. The van der Waals surface area contributed by atoms with E-state index in [1.165, 1.54) is 0 Å². The van der Waals surface area contributed by atoms with Gasteiger partial charge in [0.05, 0.1) is 28.9 Å². The lowest BCUT2D eigenvalue weighted by Crippen LogP contribution is -2.00. The van der Waals surface area contributed by atoms with E-state index >= 15 is 0 Å². The number of rotatable bonds is 3. The van der Waals surface area contributed by atoms with Crippen molar-refractivity contribution in [3.63, 3.8) is 0 Å². The molecule has 3 rings (SSSR count). The van der Waals surface area contributed by atoms with Crippen LogP contribution in [0.3, 0.4) is 0 Å². The predicted molar refractivity (Wildman–Crippen MR) is 90.4 cm³/mol. The monoisotopic (exact) mass is 327 g/mol. The first-order chi connectivity index (χ1) is 11.0. The van der Waals surface area contributed by atoms with E-state index in [1.54, 1.807) is 31.4 Å². The Balaban J connectivity index is 2.28. The minimum Gasteiger partial charge on any atom is -0.496 e. The van der Waals surface area contributed by atoms with E-state index in [1.807, 2.05) is 25.1 Å². The van der Waals surface area contributed by atoms with Crippen LogP contribution in [-0.2, 0) is 0 Å². The van der Waals surface area contributed by atoms with Crippen LogP contribution in [0, 0.1) is 6.92 Å². The van der Waals surface area contributed by atoms with E-state index in [9.17, 15) is 9.90 Å². The third kappa shape index (κ3) is 2.73. The normalized spacial score (nSPS) is 10.7. The summed E-state index contributed by atoms with van der Waals surface area (Å²) < 4.78 is 5.25. The molecular formula is C18H14ClNO3. The number of pyridine rings is 1. The first kappa shape index (κ1) is 15.3. The summed E-state index contributed by atoms with van der Waals surface area (Å²) in [6.07, 6.45) is 0. The minimum atomic E-state index is -1.01. The number of carboxylic acids is 1. The second-order valence-corrected chi connectivity index (χ2v) is 5.59. The lowest BCUT2D eigenvalue weighted by Gasteiger charge is -2.10. The second-order valence-electron chi connectivity index (χ2n) is 5.18. The molecule has 5 heteroatoms. The number of methoxy groups -OCH3 is 1. The molecule has 23 heavy (non-hydrogen) atoms. The number of carbonyl (C=O) groups is 1. The van der Waals surface area contributed by atoms with Crippen molar-refractivity contribution >= 4 is 28.5 Å². The molecule has 116 valence electrons. The van der Waals surface area contributed by atoms with E-state index in [4.69, 9.17) is 16.3 Å². The van der Waals surface area contributed by atoms with E-state index < -0.39 is 5.97 Å². The van der Waals surface area contributed by atoms with Crippen molar-refractivity contribution in [1.29, 1.82) is 0 Å². The lowest BCUT2D eigenvalue weighted by atomic mass is 10.0. The number of ether oxygens (including phenoxy) is 1. The molecule has 0 aliphatic carbocycles. The molecule has 1 aromatic heterocycles. The summed E-state index contributed by atoms with van der Waals surface area (Å²) in [5, 5.41) is 10.4. The Morgan fingerprint density at radius 3 is 2.65 bits per heavy atom. The topological polar surface area (TPSA) is 59.4 Å². The molecule has 0 spiro atoms. The Morgan fingerprint density at radius 2 is 2.00 bits per heavy atom. The summed E-state index contributed by atoms with van der Waals surface area (Å²) >= 11 is 6.20. The fourth-order valence-corrected chi connectivity index (χ4v) is 2.79. The molecule has 4 nitrogen and oxygen atoms in total. The first-order valence-electron chi connectivity index (χ1n) is 6.99. The van der Waals surface area contributed by atoms with Crippen LogP contribution in [0.4, 0.5) is 0 Å². The number of carboxylic acid groups (broad SMARTS) is 1. The molecule has 0 aliphatic heterocycles. The molecule has 0 amide bonds. The smallest absolute Gasteiger partial charge is 0.336 e. The van der Waals surface area contributed by atoms with Crippen LogP contribution >= 0.6 is 11.6 Å². The molecule has 0 fully saturated rings. The van der Waals surface area contributed by atoms with E-state index in [2.05, 4.69) is 4.98 Å². The van der Waals surface area contributed by atoms with E-state index in [-0.39, 0.29) is 5.56 Å². The van der Waals surface area contributed by atoms with Crippen molar-refractivity contribution < 1.29 is 14.6 Å². The van der Waals surface area contributed by atoms with Crippen molar-refractivity contribution in [2.45, 2.75) is 6.92 Å². The number of aromatic nitrogens is 1. The van der Waals surface area contributed by atoms with Gasteiger partial charge in [0.25, 0.3) is 0 Å². The van der Waals surface area contributed by atoms with Gasteiger partial charge >= 0.3 is 5.97 Å². The average molecular weight is 328 g/mol. The Hall–Kier alpha value is -2.59. The molecule has 0 unspecified atom stereocenters. The van der Waals surface area contributed by atoms with Gasteiger partial charge in [-0.25, -0.2) is 9.78 Å². The zero-order valence-electron chi connectivity index (χ0n) is 12.6. The van der Waals surface area contributed by atoms with Crippen molar-refractivity contribution in [2.75, 3.05) is 7.11 Å². The number of aryl methyl sites for hydroxylation is 1. The molecule has 0 saturated carbocycles. The van der Waals surface area contributed by atoms with Gasteiger partial charge in [-0.15, -0.1) is 0 Å². The predicted octanol–water partition coefficient (Wildman–Crippen LogP) is 4.57. The van der Waals surface area contributed by atoms with Gasteiger partial charge in [-0.2, -0.15) is 0 Å². The fraction of sp³-hybridized carbons (Fsp3) is 0.111. The van der Waals surface area contributed by atoms with Gasteiger partial charge in [-0.05, 0) is 42.8 Å². The van der Waals surface area contributed by atoms with Crippen LogP contribution in [0.5, 0.6) is 5.75 Å². The lowest BCUT2D eigenvalue weighted by molar-refractivity contribution is 0.0699. The molecular weight excluding hydrogens is 314 g/mol. The Bertz CT molecular complexity index is 922. The molecule has 0 aliphatic rings. The third-order valence-corrected chi connectivity index (χ3v) is 4.02. The summed E-state index contributed by atoms with van der Waals surface area (Å²) in [6.45, 7) is 1.93. The minimum absolute atomic E-state index is 0.181. The molecule has 0 radical (unpaired) electrons. The summed E-state index contributed by atoms with van der Waals surface area (Å²) in [4.78, 5) is 16.1. The average Bonchev–Trinajstić information content (AvgIpc) is 2.54. The molecule has 1 heterocycles. The van der Waals surface area contributed by atoms with Gasteiger partial charge in [-0.3, -0.25) is 0 Å². The molecule has 0 bridgehead atoms. The van der Waals surface area contributed by atoms with Crippen LogP contribution in [0.15, 0.2) is 42.5 Å². The maximum absolute atomic E-state index is 11.6. The van der Waals surface area contributed by atoms with Crippen molar-refractivity contribution in [1.82, 2.24) is 4.98 Å². The molecule has 0 saturated heterocycles. The van der Waals surface area contributed by atoms with Crippen LogP contribution in [0.1, 0.15) is 15.9 Å². The van der Waals surface area contributed by atoms with Crippen LogP contribution in [0.25, 0.3) is 22.2 Å². The van der Waals surface area contributed by atoms with Crippen LogP contribution in [-0.4, -0.2) is 23.2 Å². The van der Waals surface area contributed by atoms with Crippen molar-refractivity contribution in [3.8, 4) is 17.0 Å². The zero-order valence-corrected chi connectivity index (χ0v) is 13.4. The Kier molecular flexibility index (Phi) is 3.92. The summed E-state index contributed by atoms with van der Waals surface area (Å²) in [6, 6.07) is 12.3. The highest BCUT2D eigenvalue weighted by atomic mass is 35.5. The highest BCUT2D eigenvalue weighted by Gasteiger charge is 2.15. The van der Waals surface area contributed by atoms with E-state index in [0.29, 0.717) is 21.6 Å². The number of nitrogens with zero attached hydrogens (tertiary/aromatic N) is 1. The molecule has 0 atom stereocenters. The van der Waals surface area contributed by atoms with Gasteiger partial charge < -0.3 is 9.84 Å². The largest absolute Gasteiger partial charge is 0.496 e. The maximum Gasteiger partial charge on any atom is 0.336 e. The summed E-state index contributed by atoms with van der Waals surface area (Å²) in [7, 11) is 1.61. The number of fused-ring (bicyclic) bond motifs is 1. The number of benzene rings is 2. The second kappa shape index (κ2) is 5.89. The maximum atomic E-state index is 11.6. The fourth-order valence-electron chi connectivity index (χ4n) is 2.58. The highest BCUT2D eigenvalue weighted by Crippen LogP contribution is 2.31. The van der Waals surface area contributed by atoms with Crippen LogP contribution < -0.4 is 4.74 Å². The van der Waals surface area contributed by atoms with Gasteiger partial charge in [0.2, 0.25) is 0 Å². The number of hydrogen-bond acceptors (Lipinski definition) is 3. The standard InChI is InChI=1S/C18H14ClNO3/c1-10-8-11(6-7-16(10)23-2)15-9-13(18(21)22)12-4-3-5-14(19)17(12)20-15/h3-9H,1-2H3,(H,21,22). The van der Waals surface area contributed by atoms with E-state index in [0.717, 1.165) is 16.9 Å². The number of aromatic carboxylic acids is 1. The SMILES string of the molecule is COc1ccc(-c2cc(C(=O)O)c3cccc(Cl)c3n2)cc1C. The summed E-state index contributed by atoms with van der Waals surface area (Å²) in [5.74, 6) is -0.239. The Morgan fingerprint density at radius 1 is 1.22 bits per heavy atom. The first-order valence-corrected chi connectivity index (χ1v) is 7.36. The van der Waals surface area contributed by atoms with Gasteiger partial charge in [0.15, 0.2) is 0 Å². The van der Waals surface area contributed by atoms with Gasteiger partial charge in [-0.1, -0.05) is 23.7 Å². The molecule has 1 N–H and O–H groups in total. The number of halogens is 1. The summed E-state index contributed by atoms with van der Waals surface area (Å²) in [5.41, 5.74) is 2.99. The number of hydrogen-bond donors (Lipinski definition) is 1. The van der Waals surface area contributed by atoms with Gasteiger partial charge in [0, 0.05) is 10.9 Å². The third-order valence-electron chi connectivity index (χ3n) is 3.71.